The van der Waals surface area contributed by atoms with Gasteiger partial charge in [-0.3, -0.25) is 4.79 Å². The Morgan fingerprint density at radius 3 is 3.14 bits per heavy atom. The summed E-state index contributed by atoms with van der Waals surface area (Å²) in [4.78, 5) is 11.4. The van der Waals surface area contributed by atoms with Crippen LogP contribution < -0.4 is 5.32 Å². The molecule has 0 bridgehead atoms. The van der Waals surface area contributed by atoms with Crippen LogP contribution in [0.25, 0.3) is 0 Å². The first-order chi connectivity index (χ1) is 6.77. The lowest BCUT2D eigenvalue weighted by Crippen LogP contribution is -2.34. The number of amides is 1. The number of carbonyl (C=O) groups is 1. The molecule has 6 heteroatoms. The van der Waals surface area contributed by atoms with Gasteiger partial charge < -0.3 is 5.32 Å². The average Bonchev–Trinajstić information content (AvgIpc) is 2.69. The molecule has 0 aliphatic carbocycles. The summed E-state index contributed by atoms with van der Waals surface area (Å²) in [5.74, 6) is -0.263. The van der Waals surface area contributed by atoms with E-state index in [1.54, 1.807) is 5.38 Å². The summed E-state index contributed by atoms with van der Waals surface area (Å²) in [6, 6.07) is 1.92. The monoisotopic (exact) mass is 210 g/mol. The Morgan fingerprint density at radius 2 is 2.64 bits per heavy atom. The highest BCUT2D eigenvalue weighted by atomic mass is 32.1. The molecule has 0 aliphatic heterocycles. The van der Waals surface area contributed by atoms with Crippen molar-refractivity contribution in [3.63, 3.8) is 0 Å². The van der Waals surface area contributed by atoms with Gasteiger partial charge in [0.15, 0.2) is 5.69 Å². The Bertz CT molecular complexity index is 330. The van der Waals surface area contributed by atoms with E-state index in [0.717, 1.165) is 18.0 Å². The van der Waals surface area contributed by atoms with Crippen molar-refractivity contribution in [3.05, 3.63) is 11.1 Å². The lowest BCUT2D eigenvalue weighted by atomic mass is 10.1. The molecular formula is C8H10N4OS. The summed E-state index contributed by atoms with van der Waals surface area (Å²) in [6.45, 7) is 1.92. The van der Waals surface area contributed by atoms with Gasteiger partial charge in [-0.15, -0.1) is 5.10 Å². The zero-order chi connectivity index (χ0) is 10.4. The van der Waals surface area contributed by atoms with Crippen LogP contribution in [0.5, 0.6) is 0 Å². The molecule has 0 fully saturated rings. The highest BCUT2D eigenvalue weighted by Gasteiger charge is 2.13. The fraction of sp³-hybridized carbons (Fsp3) is 0.500. The normalized spacial score (nSPS) is 11.7. The van der Waals surface area contributed by atoms with Crippen molar-refractivity contribution in [2.45, 2.75) is 25.8 Å². The number of hydrogen-bond acceptors (Lipinski definition) is 5. The maximum absolute atomic E-state index is 11.4. The van der Waals surface area contributed by atoms with E-state index in [9.17, 15) is 4.79 Å². The molecule has 0 aromatic carbocycles. The molecule has 0 aliphatic rings. The molecule has 1 atom stereocenters. The van der Waals surface area contributed by atoms with Crippen LogP contribution in [0.1, 0.15) is 30.3 Å². The van der Waals surface area contributed by atoms with Crippen LogP contribution in [0.3, 0.4) is 0 Å². The van der Waals surface area contributed by atoms with Gasteiger partial charge in [-0.25, -0.2) is 0 Å². The molecule has 1 N–H and O–H groups in total. The Labute approximate surface area is 85.9 Å². The van der Waals surface area contributed by atoms with Gasteiger partial charge in [-0.05, 0) is 18.0 Å². The van der Waals surface area contributed by atoms with Gasteiger partial charge in [-0.1, -0.05) is 11.4 Å². The van der Waals surface area contributed by atoms with Crippen LogP contribution in [0, 0.1) is 11.3 Å². The number of nitrogens with zero attached hydrogens (tertiary/aromatic N) is 3. The standard InChI is InChI=1S/C8H10N4OS/c1-2-6(3-4-9)10-8(13)7-5-14-12-11-7/h5-6H,2-3H2,1H3,(H,10,13). The number of nitriles is 1. The van der Waals surface area contributed by atoms with Crippen molar-refractivity contribution in [2.75, 3.05) is 0 Å². The highest BCUT2D eigenvalue weighted by Crippen LogP contribution is 2.01. The lowest BCUT2D eigenvalue weighted by molar-refractivity contribution is 0.0931. The maximum Gasteiger partial charge on any atom is 0.272 e. The van der Waals surface area contributed by atoms with Gasteiger partial charge in [0.25, 0.3) is 5.91 Å². The minimum Gasteiger partial charge on any atom is -0.347 e. The fourth-order valence-electron chi connectivity index (χ4n) is 0.931. The maximum atomic E-state index is 11.4. The quantitative estimate of drug-likeness (QED) is 0.802. The molecule has 0 spiro atoms. The molecule has 0 saturated heterocycles. The number of carbonyl (C=O) groups excluding carboxylic acids is 1. The number of hydrogen-bond donors (Lipinski definition) is 1. The van der Waals surface area contributed by atoms with Crippen LogP contribution in [-0.2, 0) is 0 Å². The average molecular weight is 210 g/mol. The zero-order valence-corrected chi connectivity index (χ0v) is 8.54. The van der Waals surface area contributed by atoms with Crippen molar-refractivity contribution < 1.29 is 4.79 Å². The first-order valence-corrected chi connectivity index (χ1v) is 5.06. The third-order valence-corrected chi connectivity index (χ3v) is 2.26. The minimum absolute atomic E-state index is 0.103. The van der Waals surface area contributed by atoms with Crippen LogP contribution >= 0.6 is 11.5 Å². The molecule has 0 radical (unpaired) electrons. The molecule has 1 rings (SSSR count). The lowest BCUT2D eigenvalue weighted by Gasteiger charge is -2.11. The van der Waals surface area contributed by atoms with E-state index < -0.39 is 0 Å². The summed E-state index contributed by atoms with van der Waals surface area (Å²) in [6.07, 6.45) is 1.05. The highest BCUT2D eigenvalue weighted by molar-refractivity contribution is 7.03. The van der Waals surface area contributed by atoms with Crippen molar-refractivity contribution >= 4 is 17.4 Å². The van der Waals surface area contributed by atoms with Gasteiger partial charge in [0.05, 0.1) is 12.5 Å². The second kappa shape index (κ2) is 5.29. The summed E-state index contributed by atoms with van der Waals surface area (Å²) in [5.41, 5.74) is 0.311. The summed E-state index contributed by atoms with van der Waals surface area (Å²) >= 11 is 1.13. The number of rotatable bonds is 4. The molecule has 5 nitrogen and oxygen atoms in total. The molecular weight excluding hydrogens is 200 g/mol. The van der Waals surface area contributed by atoms with Crippen molar-refractivity contribution in [2.24, 2.45) is 0 Å². The summed E-state index contributed by atoms with van der Waals surface area (Å²) < 4.78 is 3.59. The molecule has 14 heavy (non-hydrogen) atoms. The number of aromatic nitrogens is 2. The third kappa shape index (κ3) is 2.78. The van der Waals surface area contributed by atoms with Gasteiger partial charge in [0.1, 0.15) is 0 Å². The van der Waals surface area contributed by atoms with E-state index in [-0.39, 0.29) is 11.9 Å². The van der Waals surface area contributed by atoms with Crippen LogP contribution in [0.15, 0.2) is 5.38 Å². The van der Waals surface area contributed by atoms with Crippen molar-refractivity contribution in [1.29, 1.82) is 5.26 Å². The predicted molar refractivity (Wildman–Crippen MR) is 51.7 cm³/mol. The Balaban J connectivity index is 2.52. The van der Waals surface area contributed by atoms with Crippen molar-refractivity contribution in [3.8, 4) is 6.07 Å². The summed E-state index contributed by atoms with van der Waals surface area (Å²) in [7, 11) is 0. The number of nitrogens with one attached hydrogen (secondary N) is 1. The molecule has 1 aromatic heterocycles. The Kier molecular flexibility index (Phi) is 4.01. The van der Waals surface area contributed by atoms with Gasteiger partial charge >= 0.3 is 0 Å². The Hall–Kier alpha value is -1.48. The Morgan fingerprint density at radius 1 is 1.86 bits per heavy atom. The van der Waals surface area contributed by atoms with Crippen LogP contribution in [-0.4, -0.2) is 21.5 Å². The van der Waals surface area contributed by atoms with Crippen molar-refractivity contribution in [1.82, 2.24) is 14.9 Å². The molecule has 1 amide bonds. The topological polar surface area (TPSA) is 78.7 Å². The summed E-state index contributed by atoms with van der Waals surface area (Å²) in [5, 5.41) is 16.4. The van der Waals surface area contributed by atoms with E-state index in [2.05, 4.69) is 14.9 Å². The molecule has 74 valence electrons. The third-order valence-electron chi connectivity index (χ3n) is 1.76. The van der Waals surface area contributed by atoms with E-state index >= 15 is 0 Å². The van der Waals surface area contributed by atoms with Crippen LogP contribution in [0.4, 0.5) is 0 Å². The predicted octanol–water partition coefficient (Wildman–Crippen LogP) is 0.960. The first-order valence-electron chi connectivity index (χ1n) is 4.22. The SMILES string of the molecule is CCC(CC#N)NC(=O)c1csnn1. The molecule has 0 saturated carbocycles. The van der Waals surface area contributed by atoms with E-state index in [1.165, 1.54) is 0 Å². The van der Waals surface area contributed by atoms with Gasteiger partial charge in [0, 0.05) is 11.4 Å². The second-order valence-electron chi connectivity index (χ2n) is 2.73. The first kappa shape index (κ1) is 10.6. The molecule has 1 heterocycles. The van der Waals surface area contributed by atoms with Crippen LogP contribution in [0.2, 0.25) is 0 Å². The van der Waals surface area contributed by atoms with E-state index in [4.69, 9.17) is 5.26 Å². The minimum atomic E-state index is -0.263. The molecule has 1 unspecified atom stereocenters. The van der Waals surface area contributed by atoms with E-state index in [0.29, 0.717) is 12.1 Å². The van der Waals surface area contributed by atoms with Gasteiger partial charge in [-0.2, -0.15) is 5.26 Å². The smallest absolute Gasteiger partial charge is 0.272 e. The second-order valence-corrected chi connectivity index (χ2v) is 3.34. The zero-order valence-electron chi connectivity index (χ0n) is 7.73. The molecule has 1 aromatic rings. The van der Waals surface area contributed by atoms with Gasteiger partial charge in [0.2, 0.25) is 0 Å². The van der Waals surface area contributed by atoms with E-state index in [1.807, 2.05) is 13.0 Å². The largest absolute Gasteiger partial charge is 0.347 e. The fourth-order valence-corrected chi connectivity index (χ4v) is 1.37.